The van der Waals surface area contributed by atoms with Crippen molar-refractivity contribution in [2.45, 2.75) is 25.3 Å². The van der Waals surface area contributed by atoms with Crippen LogP contribution in [0.15, 0.2) is 73.1 Å². The van der Waals surface area contributed by atoms with Crippen LogP contribution >= 0.6 is 11.6 Å². The standard InChI is InChI=1S/C27H25ClFN5O2/c28-23-16-21(6-8-24(23)29)33-27-22-15-20(7-9-25(22)30-17-31-27)32-19-10-12-34(13-11-19)36-26(35)14-18-4-2-1-3-5-18/h1-9,15-17,19,32H,10-14H2,(H,30,31,33). The van der Waals surface area contributed by atoms with Crippen molar-refractivity contribution in [1.82, 2.24) is 15.0 Å². The number of aromatic nitrogens is 2. The quantitative estimate of drug-likeness (QED) is 0.331. The average molecular weight is 506 g/mol. The molecule has 0 amide bonds. The van der Waals surface area contributed by atoms with Crippen molar-refractivity contribution in [2.24, 2.45) is 0 Å². The molecule has 0 spiro atoms. The van der Waals surface area contributed by atoms with Crippen molar-refractivity contribution in [3.05, 3.63) is 89.5 Å². The van der Waals surface area contributed by atoms with Crippen LogP contribution in [0.2, 0.25) is 5.02 Å². The number of carbonyl (C=O) groups excluding carboxylic acids is 1. The van der Waals surface area contributed by atoms with Gasteiger partial charge in [-0.1, -0.05) is 41.9 Å². The summed E-state index contributed by atoms with van der Waals surface area (Å²) in [7, 11) is 0. The van der Waals surface area contributed by atoms with Crippen LogP contribution in [-0.2, 0) is 16.1 Å². The van der Waals surface area contributed by atoms with Crippen LogP contribution in [0.25, 0.3) is 10.9 Å². The van der Waals surface area contributed by atoms with Gasteiger partial charge < -0.3 is 15.5 Å². The summed E-state index contributed by atoms with van der Waals surface area (Å²) < 4.78 is 13.5. The van der Waals surface area contributed by atoms with Gasteiger partial charge in [0, 0.05) is 35.9 Å². The van der Waals surface area contributed by atoms with Crippen molar-refractivity contribution >= 4 is 45.7 Å². The van der Waals surface area contributed by atoms with E-state index in [1.807, 2.05) is 48.5 Å². The fourth-order valence-electron chi connectivity index (χ4n) is 4.22. The molecule has 1 aromatic heterocycles. The van der Waals surface area contributed by atoms with Gasteiger partial charge in [0.15, 0.2) is 0 Å². The lowest BCUT2D eigenvalue weighted by Gasteiger charge is -2.31. The van der Waals surface area contributed by atoms with E-state index in [1.54, 1.807) is 11.1 Å². The number of rotatable bonds is 7. The van der Waals surface area contributed by atoms with Crippen LogP contribution in [0.1, 0.15) is 18.4 Å². The van der Waals surface area contributed by atoms with E-state index in [-0.39, 0.29) is 23.5 Å². The van der Waals surface area contributed by atoms with Gasteiger partial charge in [0.05, 0.1) is 17.0 Å². The molecule has 36 heavy (non-hydrogen) atoms. The Hall–Kier alpha value is -3.75. The molecule has 0 atom stereocenters. The minimum atomic E-state index is -0.474. The number of piperidine rings is 1. The Labute approximate surface area is 213 Å². The predicted molar refractivity (Wildman–Crippen MR) is 139 cm³/mol. The molecule has 9 heteroatoms. The molecule has 5 rings (SSSR count). The number of nitrogens with zero attached hydrogens (tertiary/aromatic N) is 3. The van der Waals surface area contributed by atoms with Crippen molar-refractivity contribution in [1.29, 1.82) is 0 Å². The molecule has 0 bridgehead atoms. The van der Waals surface area contributed by atoms with Crippen molar-refractivity contribution in [3.8, 4) is 0 Å². The smallest absolute Gasteiger partial charge is 0.329 e. The van der Waals surface area contributed by atoms with Crippen LogP contribution in [-0.4, -0.2) is 40.1 Å². The molecule has 2 heterocycles. The summed E-state index contributed by atoms with van der Waals surface area (Å²) in [5.74, 6) is -0.116. The van der Waals surface area contributed by atoms with Crippen LogP contribution in [0.4, 0.5) is 21.6 Å². The second-order valence-electron chi connectivity index (χ2n) is 8.68. The van der Waals surface area contributed by atoms with Crippen LogP contribution in [0.3, 0.4) is 0 Å². The zero-order chi connectivity index (χ0) is 24.9. The molecule has 1 aliphatic heterocycles. The van der Waals surface area contributed by atoms with Gasteiger partial charge in [-0.05, 0) is 54.8 Å². The van der Waals surface area contributed by atoms with Crippen LogP contribution in [0, 0.1) is 5.82 Å². The molecule has 0 aliphatic carbocycles. The van der Waals surface area contributed by atoms with Gasteiger partial charge in [-0.15, -0.1) is 5.06 Å². The Morgan fingerprint density at radius 2 is 1.81 bits per heavy atom. The number of halogens is 2. The molecule has 2 N–H and O–H groups in total. The Morgan fingerprint density at radius 1 is 1.03 bits per heavy atom. The maximum absolute atomic E-state index is 13.5. The lowest BCUT2D eigenvalue weighted by atomic mass is 10.1. The lowest BCUT2D eigenvalue weighted by molar-refractivity contribution is -0.193. The van der Waals surface area contributed by atoms with Gasteiger partial charge in [0.2, 0.25) is 0 Å². The molecule has 3 aromatic carbocycles. The minimum absolute atomic E-state index is 0.0396. The number of hydrogen-bond acceptors (Lipinski definition) is 7. The molecule has 184 valence electrons. The zero-order valence-corrected chi connectivity index (χ0v) is 20.2. The first kappa shape index (κ1) is 24.0. The maximum atomic E-state index is 13.5. The number of anilines is 3. The van der Waals surface area contributed by atoms with E-state index in [0.29, 0.717) is 24.6 Å². The monoisotopic (exact) mass is 505 g/mol. The van der Waals surface area contributed by atoms with Gasteiger partial charge in [-0.3, -0.25) is 0 Å². The summed E-state index contributed by atoms with van der Waals surface area (Å²) in [6.45, 7) is 1.32. The third-order valence-electron chi connectivity index (χ3n) is 6.06. The summed E-state index contributed by atoms with van der Waals surface area (Å²) in [4.78, 5) is 26.5. The minimum Gasteiger partial charge on any atom is -0.382 e. The molecule has 7 nitrogen and oxygen atoms in total. The molecule has 4 aromatic rings. The molecule has 1 saturated heterocycles. The van der Waals surface area contributed by atoms with E-state index >= 15 is 0 Å². The van der Waals surface area contributed by atoms with E-state index in [9.17, 15) is 9.18 Å². The highest BCUT2D eigenvalue weighted by Gasteiger charge is 2.22. The van der Waals surface area contributed by atoms with Crippen molar-refractivity contribution < 1.29 is 14.0 Å². The van der Waals surface area contributed by atoms with Gasteiger partial charge in [0.1, 0.15) is 18.0 Å². The highest BCUT2D eigenvalue weighted by atomic mass is 35.5. The molecule has 0 radical (unpaired) electrons. The second kappa shape index (κ2) is 10.9. The Kier molecular flexibility index (Phi) is 7.25. The van der Waals surface area contributed by atoms with Gasteiger partial charge >= 0.3 is 5.97 Å². The number of benzene rings is 3. The zero-order valence-electron chi connectivity index (χ0n) is 19.5. The Bertz CT molecular complexity index is 1360. The third kappa shape index (κ3) is 5.90. The molecular weight excluding hydrogens is 481 g/mol. The molecule has 0 unspecified atom stereocenters. The first-order valence-corrected chi connectivity index (χ1v) is 12.1. The number of nitrogens with one attached hydrogen (secondary N) is 2. The van der Waals surface area contributed by atoms with Gasteiger partial charge in [0.25, 0.3) is 0 Å². The average Bonchev–Trinajstić information content (AvgIpc) is 2.88. The highest BCUT2D eigenvalue weighted by molar-refractivity contribution is 6.31. The van der Waals surface area contributed by atoms with Crippen LogP contribution in [0.5, 0.6) is 0 Å². The SMILES string of the molecule is O=C(Cc1ccccc1)ON1CCC(Nc2ccc3ncnc(Nc4ccc(F)c(Cl)c4)c3c2)CC1. The van der Waals surface area contributed by atoms with E-state index in [1.165, 1.54) is 18.5 Å². The normalized spacial score (nSPS) is 14.5. The number of hydrogen-bond donors (Lipinski definition) is 2. The number of fused-ring (bicyclic) bond motifs is 1. The first-order valence-electron chi connectivity index (χ1n) is 11.8. The highest BCUT2D eigenvalue weighted by Crippen LogP contribution is 2.28. The van der Waals surface area contributed by atoms with E-state index < -0.39 is 5.82 Å². The predicted octanol–water partition coefficient (Wildman–Crippen LogP) is 5.74. The van der Waals surface area contributed by atoms with Crippen molar-refractivity contribution in [3.63, 3.8) is 0 Å². The summed E-state index contributed by atoms with van der Waals surface area (Å²) in [5.41, 5.74) is 3.30. The van der Waals surface area contributed by atoms with E-state index in [2.05, 4.69) is 20.6 Å². The summed E-state index contributed by atoms with van der Waals surface area (Å²) >= 11 is 5.92. The molecule has 1 fully saturated rings. The molecular formula is C27H25ClFN5O2. The summed E-state index contributed by atoms with van der Waals surface area (Å²) in [5, 5.41) is 9.39. The summed E-state index contributed by atoms with van der Waals surface area (Å²) in [6.07, 6.45) is 3.42. The Balaban J connectivity index is 1.20. The largest absolute Gasteiger partial charge is 0.382 e. The fourth-order valence-corrected chi connectivity index (χ4v) is 4.40. The van der Waals surface area contributed by atoms with Crippen LogP contribution < -0.4 is 10.6 Å². The topological polar surface area (TPSA) is 79.4 Å². The Morgan fingerprint density at radius 3 is 2.58 bits per heavy atom. The first-order chi connectivity index (χ1) is 17.5. The van der Waals surface area contributed by atoms with E-state index in [0.717, 1.165) is 35.0 Å². The summed E-state index contributed by atoms with van der Waals surface area (Å²) in [6, 6.07) is 20.2. The van der Waals surface area contributed by atoms with Gasteiger partial charge in [-0.25, -0.2) is 19.2 Å². The number of hydroxylamine groups is 2. The lowest BCUT2D eigenvalue weighted by Crippen LogP contribution is -2.40. The van der Waals surface area contributed by atoms with Gasteiger partial charge in [-0.2, -0.15) is 0 Å². The molecule has 1 aliphatic rings. The molecule has 0 saturated carbocycles. The maximum Gasteiger partial charge on any atom is 0.329 e. The van der Waals surface area contributed by atoms with E-state index in [4.69, 9.17) is 16.4 Å². The number of carbonyl (C=O) groups is 1. The second-order valence-corrected chi connectivity index (χ2v) is 9.09. The third-order valence-corrected chi connectivity index (χ3v) is 6.35. The van der Waals surface area contributed by atoms with Crippen molar-refractivity contribution in [2.75, 3.05) is 23.7 Å². The fraction of sp³-hybridized carbons (Fsp3) is 0.222.